The van der Waals surface area contributed by atoms with Gasteiger partial charge in [-0.1, -0.05) is 31.5 Å². The lowest BCUT2D eigenvalue weighted by Gasteiger charge is -2.39. The number of halogens is 1. The van der Waals surface area contributed by atoms with Crippen LogP contribution in [0.4, 0.5) is 4.39 Å². The van der Waals surface area contributed by atoms with Gasteiger partial charge in [-0.25, -0.2) is 4.39 Å². The van der Waals surface area contributed by atoms with Crippen LogP contribution < -0.4 is 5.32 Å². The molecule has 0 aliphatic carbocycles. The van der Waals surface area contributed by atoms with Gasteiger partial charge in [0.05, 0.1) is 0 Å². The molecule has 2 atom stereocenters. The molecule has 1 aromatic carbocycles. The van der Waals surface area contributed by atoms with E-state index in [4.69, 9.17) is 0 Å². The van der Waals surface area contributed by atoms with Gasteiger partial charge < -0.3 is 10.4 Å². The Morgan fingerprint density at radius 1 is 1.41 bits per heavy atom. The van der Waals surface area contributed by atoms with Crippen molar-refractivity contribution in [2.24, 2.45) is 0 Å². The smallest absolute Gasteiger partial charge is 0.129 e. The van der Waals surface area contributed by atoms with E-state index in [0.717, 1.165) is 25.8 Å². The van der Waals surface area contributed by atoms with Crippen LogP contribution in [0.2, 0.25) is 0 Å². The Hall–Kier alpha value is -0.930. The van der Waals surface area contributed by atoms with Crippen molar-refractivity contribution in [3.05, 3.63) is 35.6 Å². The molecule has 1 aliphatic rings. The molecule has 2 rings (SSSR count). The van der Waals surface area contributed by atoms with Crippen LogP contribution in [0.3, 0.4) is 0 Å². The lowest BCUT2D eigenvalue weighted by Crippen LogP contribution is -2.50. The highest BCUT2D eigenvalue weighted by atomic mass is 19.1. The lowest BCUT2D eigenvalue weighted by molar-refractivity contribution is -0.0188. The number of hydrogen-bond acceptors (Lipinski definition) is 2. The molecule has 0 aromatic heterocycles. The zero-order valence-corrected chi connectivity index (χ0v) is 10.2. The van der Waals surface area contributed by atoms with E-state index in [1.165, 1.54) is 6.07 Å². The monoisotopic (exact) mass is 237 g/mol. The van der Waals surface area contributed by atoms with Crippen molar-refractivity contribution in [2.45, 2.75) is 44.2 Å². The summed E-state index contributed by atoms with van der Waals surface area (Å²) in [7, 11) is 0. The predicted molar refractivity (Wildman–Crippen MR) is 66.2 cm³/mol. The molecule has 0 radical (unpaired) electrons. The normalized spacial score (nSPS) is 24.3. The first-order valence-corrected chi connectivity index (χ1v) is 6.39. The SMILES string of the molecule is CCC(O)(c1ccccc1F)C1CCCCN1. The zero-order chi connectivity index (χ0) is 12.3. The summed E-state index contributed by atoms with van der Waals surface area (Å²) in [5, 5.41) is 14.1. The molecule has 2 nitrogen and oxygen atoms in total. The molecule has 2 N–H and O–H groups in total. The maximum atomic E-state index is 13.8. The first-order chi connectivity index (χ1) is 8.18. The number of nitrogens with one attached hydrogen (secondary N) is 1. The minimum Gasteiger partial charge on any atom is -0.383 e. The van der Waals surface area contributed by atoms with Crippen molar-refractivity contribution in [3.63, 3.8) is 0 Å². The van der Waals surface area contributed by atoms with Gasteiger partial charge in [-0.15, -0.1) is 0 Å². The van der Waals surface area contributed by atoms with Crippen molar-refractivity contribution < 1.29 is 9.50 Å². The van der Waals surface area contributed by atoms with Gasteiger partial charge in [-0.3, -0.25) is 0 Å². The number of aliphatic hydroxyl groups is 1. The van der Waals surface area contributed by atoms with Crippen LogP contribution in [0.25, 0.3) is 0 Å². The summed E-state index contributed by atoms with van der Waals surface area (Å²) in [6, 6.07) is 6.50. The lowest BCUT2D eigenvalue weighted by atomic mass is 9.80. The van der Waals surface area contributed by atoms with E-state index in [1.54, 1.807) is 18.2 Å². The molecule has 1 heterocycles. The van der Waals surface area contributed by atoms with Crippen LogP contribution in [-0.2, 0) is 5.60 Å². The Kier molecular flexibility index (Phi) is 3.79. The maximum Gasteiger partial charge on any atom is 0.129 e. The Bertz CT molecular complexity index is 376. The minimum atomic E-state index is -1.09. The fraction of sp³-hybridized carbons (Fsp3) is 0.571. The fourth-order valence-corrected chi connectivity index (χ4v) is 2.70. The first kappa shape index (κ1) is 12.5. The quantitative estimate of drug-likeness (QED) is 0.847. The summed E-state index contributed by atoms with van der Waals surface area (Å²) < 4.78 is 13.8. The van der Waals surface area contributed by atoms with Crippen molar-refractivity contribution in [3.8, 4) is 0 Å². The molecule has 3 heteroatoms. The van der Waals surface area contributed by atoms with Gasteiger partial charge in [0.25, 0.3) is 0 Å². The third kappa shape index (κ3) is 2.35. The average molecular weight is 237 g/mol. The Balaban J connectivity index is 2.32. The Morgan fingerprint density at radius 3 is 2.76 bits per heavy atom. The molecule has 0 amide bonds. The topological polar surface area (TPSA) is 32.3 Å². The van der Waals surface area contributed by atoms with Crippen LogP contribution in [0, 0.1) is 5.82 Å². The second-order valence-electron chi connectivity index (χ2n) is 4.76. The molecule has 1 aliphatic heterocycles. The van der Waals surface area contributed by atoms with Crippen LogP contribution in [0.1, 0.15) is 38.2 Å². The third-order valence-electron chi connectivity index (χ3n) is 3.77. The number of piperidine rings is 1. The fourth-order valence-electron chi connectivity index (χ4n) is 2.70. The zero-order valence-electron chi connectivity index (χ0n) is 10.2. The highest BCUT2D eigenvalue weighted by Gasteiger charge is 2.39. The van der Waals surface area contributed by atoms with E-state index in [1.807, 2.05) is 6.92 Å². The molecule has 0 spiro atoms. The summed E-state index contributed by atoms with van der Waals surface area (Å²) in [5.74, 6) is -0.316. The molecule has 1 fully saturated rings. The molecule has 17 heavy (non-hydrogen) atoms. The number of rotatable bonds is 3. The average Bonchev–Trinajstić information content (AvgIpc) is 2.39. The third-order valence-corrected chi connectivity index (χ3v) is 3.77. The second kappa shape index (κ2) is 5.15. The molecule has 2 unspecified atom stereocenters. The van der Waals surface area contributed by atoms with Gasteiger partial charge in [0.2, 0.25) is 0 Å². The Labute approximate surface area is 102 Å². The number of benzene rings is 1. The molecular formula is C14H20FNO. The first-order valence-electron chi connectivity index (χ1n) is 6.39. The molecule has 94 valence electrons. The van der Waals surface area contributed by atoms with Crippen LogP contribution in [-0.4, -0.2) is 17.7 Å². The summed E-state index contributed by atoms with van der Waals surface area (Å²) in [6.07, 6.45) is 3.65. The van der Waals surface area contributed by atoms with Crippen molar-refractivity contribution in [2.75, 3.05) is 6.54 Å². The van der Waals surface area contributed by atoms with E-state index in [0.29, 0.717) is 12.0 Å². The maximum absolute atomic E-state index is 13.8. The highest BCUT2D eigenvalue weighted by Crippen LogP contribution is 2.34. The summed E-state index contributed by atoms with van der Waals surface area (Å²) in [6.45, 7) is 2.81. The van der Waals surface area contributed by atoms with Crippen molar-refractivity contribution in [1.82, 2.24) is 5.32 Å². The van der Waals surface area contributed by atoms with E-state index in [-0.39, 0.29) is 11.9 Å². The van der Waals surface area contributed by atoms with E-state index in [2.05, 4.69) is 5.32 Å². The summed E-state index contributed by atoms with van der Waals surface area (Å²) in [4.78, 5) is 0. The van der Waals surface area contributed by atoms with Crippen LogP contribution in [0.5, 0.6) is 0 Å². The van der Waals surface area contributed by atoms with Gasteiger partial charge in [0.15, 0.2) is 0 Å². The molecule has 1 aromatic rings. The van der Waals surface area contributed by atoms with Gasteiger partial charge in [0, 0.05) is 11.6 Å². The van der Waals surface area contributed by atoms with E-state index >= 15 is 0 Å². The summed E-state index contributed by atoms with van der Waals surface area (Å²) in [5.41, 5.74) is -0.673. The summed E-state index contributed by atoms with van der Waals surface area (Å²) >= 11 is 0. The second-order valence-corrected chi connectivity index (χ2v) is 4.76. The number of hydrogen-bond donors (Lipinski definition) is 2. The molecule has 0 bridgehead atoms. The van der Waals surface area contributed by atoms with Gasteiger partial charge in [0.1, 0.15) is 11.4 Å². The predicted octanol–water partition coefficient (Wildman–Crippen LogP) is 2.57. The van der Waals surface area contributed by atoms with Crippen molar-refractivity contribution >= 4 is 0 Å². The van der Waals surface area contributed by atoms with E-state index < -0.39 is 5.60 Å². The highest BCUT2D eigenvalue weighted by molar-refractivity contribution is 5.26. The van der Waals surface area contributed by atoms with Crippen LogP contribution in [0.15, 0.2) is 24.3 Å². The minimum absolute atomic E-state index is 0.0434. The Morgan fingerprint density at radius 2 is 2.18 bits per heavy atom. The molecular weight excluding hydrogens is 217 g/mol. The standard InChI is InChI=1S/C14H20FNO/c1-2-14(17,13-9-5-6-10-16-13)11-7-3-4-8-12(11)15/h3-4,7-8,13,16-17H,2,5-6,9-10H2,1H3. The largest absolute Gasteiger partial charge is 0.383 e. The van der Waals surface area contributed by atoms with Crippen LogP contribution >= 0.6 is 0 Å². The van der Waals surface area contributed by atoms with E-state index in [9.17, 15) is 9.50 Å². The molecule has 0 saturated carbocycles. The van der Waals surface area contributed by atoms with Crippen molar-refractivity contribution in [1.29, 1.82) is 0 Å². The molecule has 1 saturated heterocycles. The van der Waals surface area contributed by atoms with Gasteiger partial charge in [-0.05, 0) is 31.9 Å². The van der Waals surface area contributed by atoms with Gasteiger partial charge in [-0.2, -0.15) is 0 Å². The van der Waals surface area contributed by atoms with Gasteiger partial charge >= 0.3 is 0 Å².